The average molecular weight is 238 g/mol. The molecule has 1 N–H and O–H groups in total. The van der Waals surface area contributed by atoms with Crippen molar-refractivity contribution in [3.63, 3.8) is 0 Å². The molecule has 0 spiro atoms. The average Bonchev–Trinajstić information content (AvgIpc) is 2.43. The molecule has 0 aromatic heterocycles. The molecule has 0 saturated carbocycles. The van der Waals surface area contributed by atoms with Crippen molar-refractivity contribution in [3.8, 4) is 0 Å². The highest BCUT2D eigenvalue weighted by molar-refractivity contribution is 5.48. The quantitative estimate of drug-likeness (QED) is 0.867. The van der Waals surface area contributed by atoms with E-state index in [0.29, 0.717) is 5.92 Å². The van der Waals surface area contributed by atoms with E-state index < -0.39 is 0 Å². The Hall–Kier alpha value is -1.60. The molecule has 2 aromatic rings. The molecule has 0 amide bonds. The van der Waals surface area contributed by atoms with E-state index in [9.17, 15) is 0 Å². The Morgan fingerprint density at radius 3 is 2.00 bits per heavy atom. The van der Waals surface area contributed by atoms with Gasteiger partial charge in [-0.15, -0.1) is 0 Å². The second-order valence-electron chi connectivity index (χ2n) is 4.99. The number of rotatable bonds is 3. The summed E-state index contributed by atoms with van der Waals surface area (Å²) in [6, 6.07) is 17.4. The van der Waals surface area contributed by atoms with Gasteiger partial charge in [0.05, 0.1) is 0 Å². The number of aliphatic hydroxyl groups excluding tert-OH is 1. The molecule has 0 heterocycles. The zero-order valence-corrected chi connectivity index (χ0v) is 10.5. The van der Waals surface area contributed by atoms with Gasteiger partial charge in [-0.2, -0.15) is 0 Å². The molecule has 1 aliphatic rings. The van der Waals surface area contributed by atoms with Crippen LogP contribution in [0.1, 0.15) is 41.0 Å². The Morgan fingerprint density at radius 1 is 0.889 bits per heavy atom. The predicted octanol–water partition coefficient (Wildman–Crippen LogP) is 3.50. The highest BCUT2D eigenvalue weighted by Gasteiger charge is 2.24. The summed E-state index contributed by atoms with van der Waals surface area (Å²) in [6.07, 6.45) is 2.94. The van der Waals surface area contributed by atoms with Crippen LogP contribution in [0, 0.1) is 0 Å². The number of hydrogen-bond donors (Lipinski definition) is 1. The molecule has 0 saturated heterocycles. The van der Waals surface area contributed by atoms with Crippen LogP contribution in [0.4, 0.5) is 0 Å². The lowest BCUT2D eigenvalue weighted by Gasteiger charge is -2.28. The summed E-state index contributed by atoms with van der Waals surface area (Å²) in [5, 5.41) is 9.09. The smallest absolute Gasteiger partial charge is 0.0431 e. The van der Waals surface area contributed by atoms with Gasteiger partial charge in [-0.25, -0.2) is 0 Å². The highest BCUT2D eigenvalue weighted by Crippen LogP contribution is 2.38. The maximum absolute atomic E-state index is 9.09. The van der Waals surface area contributed by atoms with Gasteiger partial charge in [0.1, 0.15) is 0 Å². The van der Waals surface area contributed by atoms with Crippen LogP contribution in [0.2, 0.25) is 0 Å². The van der Waals surface area contributed by atoms with Gasteiger partial charge in [0.15, 0.2) is 0 Å². The molecule has 1 heteroatoms. The molecule has 1 aliphatic carbocycles. The molecule has 3 rings (SSSR count). The molecular formula is C17H18O. The molecule has 1 nitrogen and oxygen atoms in total. The van der Waals surface area contributed by atoms with Crippen LogP contribution < -0.4 is 0 Å². The first-order valence-corrected chi connectivity index (χ1v) is 6.66. The van der Waals surface area contributed by atoms with Gasteiger partial charge < -0.3 is 5.11 Å². The van der Waals surface area contributed by atoms with Crippen LogP contribution in [-0.4, -0.2) is 11.7 Å². The summed E-state index contributed by atoms with van der Waals surface area (Å²) in [4.78, 5) is 0. The Kier molecular flexibility index (Phi) is 3.16. The van der Waals surface area contributed by atoms with Gasteiger partial charge in [-0.3, -0.25) is 0 Å². The van der Waals surface area contributed by atoms with E-state index in [-0.39, 0.29) is 6.61 Å². The Bertz CT molecular complexity index is 499. The fourth-order valence-corrected chi connectivity index (χ4v) is 3.05. The standard InChI is InChI=1S/C17H18O/c18-11-5-10-17-15-8-3-1-6-13(15)12-14-7-2-4-9-16(14)17/h1-4,6-9,17-18H,5,10-12H2. The lowest BCUT2D eigenvalue weighted by molar-refractivity contribution is 0.281. The molecule has 0 fully saturated rings. The van der Waals surface area contributed by atoms with Crippen LogP contribution in [0.3, 0.4) is 0 Å². The maximum Gasteiger partial charge on any atom is 0.0431 e. The second-order valence-corrected chi connectivity index (χ2v) is 4.99. The van der Waals surface area contributed by atoms with Gasteiger partial charge in [-0.1, -0.05) is 48.5 Å². The lowest BCUT2D eigenvalue weighted by Crippen LogP contribution is -2.14. The first-order valence-electron chi connectivity index (χ1n) is 6.66. The van der Waals surface area contributed by atoms with Crippen molar-refractivity contribution in [2.24, 2.45) is 0 Å². The van der Waals surface area contributed by atoms with Crippen LogP contribution in [0.25, 0.3) is 0 Å². The van der Waals surface area contributed by atoms with E-state index >= 15 is 0 Å². The largest absolute Gasteiger partial charge is 0.396 e. The van der Waals surface area contributed by atoms with E-state index in [1.54, 1.807) is 0 Å². The van der Waals surface area contributed by atoms with E-state index in [4.69, 9.17) is 5.11 Å². The summed E-state index contributed by atoms with van der Waals surface area (Å²) in [5.74, 6) is 0.457. The van der Waals surface area contributed by atoms with Crippen molar-refractivity contribution in [2.45, 2.75) is 25.2 Å². The van der Waals surface area contributed by atoms with E-state index in [1.165, 1.54) is 22.3 Å². The third-order valence-electron chi connectivity index (χ3n) is 3.89. The summed E-state index contributed by atoms with van der Waals surface area (Å²) in [7, 11) is 0. The first kappa shape index (κ1) is 11.5. The minimum atomic E-state index is 0.279. The Morgan fingerprint density at radius 2 is 1.44 bits per heavy atom. The topological polar surface area (TPSA) is 20.2 Å². The van der Waals surface area contributed by atoms with Crippen molar-refractivity contribution < 1.29 is 5.11 Å². The van der Waals surface area contributed by atoms with E-state index in [2.05, 4.69) is 48.5 Å². The van der Waals surface area contributed by atoms with Gasteiger partial charge >= 0.3 is 0 Å². The first-order chi connectivity index (χ1) is 8.90. The summed E-state index contributed by atoms with van der Waals surface area (Å²) in [6.45, 7) is 0.279. The summed E-state index contributed by atoms with van der Waals surface area (Å²) < 4.78 is 0. The van der Waals surface area contributed by atoms with Crippen molar-refractivity contribution in [3.05, 3.63) is 70.8 Å². The highest BCUT2D eigenvalue weighted by atomic mass is 16.2. The fourth-order valence-electron chi connectivity index (χ4n) is 3.05. The number of fused-ring (bicyclic) bond motifs is 2. The maximum atomic E-state index is 9.09. The molecule has 0 atom stereocenters. The molecule has 0 radical (unpaired) electrons. The van der Waals surface area contributed by atoms with Crippen molar-refractivity contribution >= 4 is 0 Å². The van der Waals surface area contributed by atoms with Crippen LogP contribution in [0.15, 0.2) is 48.5 Å². The summed E-state index contributed by atoms with van der Waals surface area (Å²) >= 11 is 0. The molecule has 0 unspecified atom stereocenters. The van der Waals surface area contributed by atoms with Crippen LogP contribution in [0.5, 0.6) is 0 Å². The van der Waals surface area contributed by atoms with Crippen LogP contribution in [-0.2, 0) is 6.42 Å². The Labute approximate surface area is 108 Å². The van der Waals surface area contributed by atoms with Crippen LogP contribution >= 0.6 is 0 Å². The van der Waals surface area contributed by atoms with Gasteiger partial charge in [0, 0.05) is 12.5 Å². The molecule has 0 aliphatic heterocycles. The Balaban J connectivity index is 2.05. The third kappa shape index (κ3) is 1.95. The number of benzene rings is 2. The fraction of sp³-hybridized carbons (Fsp3) is 0.294. The molecule has 2 aromatic carbocycles. The third-order valence-corrected chi connectivity index (χ3v) is 3.89. The minimum Gasteiger partial charge on any atom is -0.396 e. The molecule has 18 heavy (non-hydrogen) atoms. The zero-order valence-electron chi connectivity index (χ0n) is 10.5. The number of hydrogen-bond acceptors (Lipinski definition) is 1. The minimum absolute atomic E-state index is 0.279. The van der Waals surface area contributed by atoms with Gasteiger partial charge in [0.2, 0.25) is 0 Å². The second kappa shape index (κ2) is 4.95. The monoisotopic (exact) mass is 238 g/mol. The predicted molar refractivity (Wildman–Crippen MR) is 73.9 cm³/mol. The normalized spacial score (nSPS) is 14.1. The number of aliphatic hydroxyl groups is 1. The molecule has 0 bridgehead atoms. The zero-order chi connectivity index (χ0) is 12.4. The molecular weight excluding hydrogens is 220 g/mol. The van der Waals surface area contributed by atoms with Gasteiger partial charge in [0.25, 0.3) is 0 Å². The lowest BCUT2D eigenvalue weighted by atomic mass is 9.76. The van der Waals surface area contributed by atoms with Crippen molar-refractivity contribution in [1.29, 1.82) is 0 Å². The van der Waals surface area contributed by atoms with Gasteiger partial charge in [-0.05, 0) is 41.5 Å². The SMILES string of the molecule is OCCCC1c2ccccc2Cc2ccccc21. The summed E-state index contributed by atoms with van der Waals surface area (Å²) in [5.41, 5.74) is 5.78. The van der Waals surface area contributed by atoms with E-state index in [1.807, 2.05) is 0 Å². The molecule has 92 valence electrons. The van der Waals surface area contributed by atoms with Crippen molar-refractivity contribution in [1.82, 2.24) is 0 Å². The van der Waals surface area contributed by atoms with E-state index in [0.717, 1.165) is 19.3 Å². The van der Waals surface area contributed by atoms with Crippen molar-refractivity contribution in [2.75, 3.05) is 6.61 Å².